The maximum absolute atomic E-state index is 6.16. The number of halogens is 1. The summed E-state index contributed by atoms with van der Waals surface area (Å²) in [5, 5.41) is 0.795. The molecule has 0 heterocycles. The Kier molecular flexibility index (Phi) is 5.11. The highest BCUT2D eigenvalue weighted by atomic mass is 35.5. The van der Waals surface area contributed by atoms with Gasteiger partial charge >= 0.3 is 0 Å². The molecule has 0 aliphatic heterocycles. The van der Waals surface area contributed by atoms with Crippen LogP contribution in [0.4, 0.5) is 0 Å². The first-order valence-electron chi connectivity index (χ1n) is 7.67. The molecule has 1 aliphatic rings. The molecule has 1 aromatic rings. The number of nitrogens with zero attached hydrogens (tertiary/aromatic N) is 1. The third kappa shape index (κ3) is 3.19. The van der Waals surface area contributed by atoms with Crippen molar-refractivity contribution in [1.82, 2.24) is 4.90 Å². The normalized spacial score (nSPS) is 28.6. The lowest BCUT2D eigenvalue weighted by Crippen LogP contribution is -2.54. The molecule has 0 spiro atoms. The number of benzene rings is 1. The van der Waals surface area contributed by atoms with E-state index in [2.05, 4.69) is 37.9 Å². The van der Waals surface area contributed by atoms with Crippen LogP contribution in [-0.4, -0.2) is 24.0 Å². The maximum atomic E-state index is 6.16. The summed E-state index contributed by atoms with van der Waals surface area (Å²) in [5.41, 5.74) is 7.63. The fraction of sp³-hybridized carbons (Fsp3) is 0.647. The van der Waals surface area contributed by atoms with E-state index < -0.39 is 0 Å². The molecule has 1 aliphatic carbocycles. The van der Waals surface area contributed by atoms with Crippen LogP contribution in [0.1, 0.15) is 51.1 Å². The Balaban J connectivity index is 2.15. The highest BCUT2D eigenvalue weighted by Crippen LogP contribution is 2.39. The van der Waals surface area contributed by atoms with Crippen LogP contribution in [-0.2, 0) is 0 Å². The van der Waals surface area contributed by atoms with Crippen molar-refractivity contribution in [3.05, 3.63) is 34.9 Å². The molecular formula is C17H27ClN2. The van der Waals surface area contributed by atoms with E-state index in [4.69, 9.17) is 17.3 Å². The molecule has 1 fully saturated rings. The van der Waals surface area contributed by atoms with E-state index in [9.17, 15) is 0 Å². The van der Waals surface area contributed by atoms with Crippen LogP contribution in [0.5, 0.6) is 0 Å². The average molecular weight is 295 g/mol. The fourth-order valence-electron chi connectivity index (χ4n) is 3.38. The molecule has 3 heteroatoms. The molecule has 1 unspecified atom stereocenters. The monoisotopic (exact) mass is 294 g/mol. The second kappa shape index (κ2) is 6.46. The molecule has 1 aromatic carbocycles. The van der Waals surface area contributed by atoms with Gasteiger partial charge in [0.15, 0.2) is 0 Å². The SMILES string of the molecule is CC1CCC(CN)(N(C)C(C)c2ccc(Cl)cc2)CC1. The minimum Gasteiger partial charge on any atom is -0.329 e. The number of likely N-dealkylation sites (N-methyl/N-ethyl adjacent to an activating group) is 1. The number of hydrogen-bond donors (Lipinski definition) is 1. The van der Waals surface area contributed by atoms with Crippen molar-refractivity contribution >= 4 is 11.6 Å². The Morgan fingerprint density at radius 2 is 1.85 bits per heavy atom. The topological polar surface area (TPSA) is 29.3 Å². The molecule has 2 rings (SSSR count). The van der Waals surface area contributed by atoms with E-state index in [0.717, 1.165) is 17.5 Å². The third-order valence-corrected chi connectivity index (χ3v) is 5.52. The minimum absolute atomic E-state index is 0.158. The number of hydrogen-bond acceptors (Lipinski definition) is 2. The number of rotatable bonds is 4. The van der Waals surface area contributed by atoms with Crippen molar-refractivity contribution in [2.75, 3.05) is 13.6 Å². The maximum Gasteiger partial charge on any atom is 0.0406 e. The van der Waals surface area contributed by atoms with Gasteiger partial charge in [0.25, 0.3) is 0 Å². The van der Waals surface area contributed by atoms with Crippen molar-refractivity contribution in [3.8, 4) is 0 Å². The Bertz CT molecular complexity index is 421. The molecule has 20 heavy (non-hydrogen) atoms. The standard InChI is InChI=1S/C17H27ClN2/c1-13-8-10-17(12-19,11-9-13)20(3)14(2)15-4-6-16(18)7-5-15/h4-7,13-14H,8-12,19H2,1-3H3. The van der Waals surface area contributed by atoms with Crippen LogP contribution in [0, 0.1) is 5.92 Å². The largest absolute Gasteiger partial charge is 0.329 e. The quantitative estimate of drug-likeness (QED) is 0.900. The molecule has 0 amide bonds. The van der Waals surface area contributed by atoms with Crippen LogP contribution in [0.2, 0.25) is 5.02 Å². The fourth-order valence-corrected chi connectivity index (χ4v) is 3.50. The summed E-state index contributed by atoms with van der Waals surface area (Å²) in [6.45, 7) is 5.36. The van der Waals surface area contributed by atoms with E-state index in [-0.39, 0.29) is 5.54 Å². The Morgan fingerprint density at radius 1 is 1.30 bits per heavy atom. The van der Waals surface area contributed by atoms with E-state index >= 15 is 0 Å². The van der Waals surface area contributed by atoms with E-state index in [1.807, 2.05) is 12.1 Å². The lowest BCUT2D eigenvalue weighted by atomic mass is 9.75. The zero-order chi connectivity index (χ0) is 14.8. The van der Waals surface area contributed by atoms with Crippen molar-refractivity contribution in [3.63, 3.8) is 0 Å². The number of nitrogens with two attached hydrogens (primary N) is 1. The van der Waals surface area contributed by atoms with Crippen molar-refractivity contribution in [2.45, 2.75) is 51.1 Å². The van der Waals surface area contributed by atoms with E-state index in [1.54, 1.807) is 0 Å². The Hall–Kier alpha value is -0.570. The van der Waals surface area contributed by atoms with Crippen molar-refractivity contribution < 1.29 is 0 Å². The van der Waals surface area contributed by atoms with Gasteiger partial charge in [-0.2, -0.15) is 0 Å². The molecule has 1 saturated carbocycles. The van der Waals surface area contributed by atoms with Gasteiger partial charge < -0.3 is 5.73 Å². The molecule has 0 saturated heterocycles. The summed E-state index contributed by atoms with van der Waals surface area (Å²) in [6, 6.07) is 8.56. The van der Waals surface area contributed by atoms with Crippen LogP contribution < -0.4 is 5.73 Å². The van der Waals surface area contributed by atoms with Gasteiger partial charge in [0.05, 0.1) is 0 Å². The van der Waals surface area contributed by atoms with Crippen LogP contribution in [0.25, 0.3) is 0 Å². The summed E-state index contributed by atoms with van der Waals surface area (Å²) in [7, 11) is 2.22. The van der Waals surface area contributed by atoms with Gasteiger partial charge in [-0.3, -0.25) is 4.90 Å². The van der Waals surface area contributed by atoms with Gasteiger partial charge in [-0.15, -0.1) is 0 Å². The molecule has 2 N–H and O–H groups in total. The average Bonchev–Trinajstić information content (AvgIpc) is 2.48. The summed E-state index contributed by atoms with van der Waals surface area (Å²) in [5.74, 6) is 0.842. The summed E-state index contributed by atoms with van der Waals surface area (Å²) in [6.07, 6.45) is 4.99. The lowest BCUT2D eigenvalue weighted by molar-refractivity contribution is 0.0374. The van der Waals surface area contributed by atoms with E-state index in [0.29, 0.717) is 6.04 Å². The molecule has 0 radical (unpaired) electrons. The first-order valence-corrected chi connectivity index (χ1v) is 8.05. The first-order chi connectivity index (χ1) is 9.48. The molecule has 0 aromatic heterocycles. The van der Waals surface area contributed by atoms with Crippen molar-refractivity contribution in [1.29, 1.82) is 0 Å². The highest BCUT2D eigenvalue weighted by Gasteiger charge is 2.38. The van der Waals surface area contributed by atoms with Gasteiger partial charge in [-0.05, 0) is 63.3 Å². The second-order valence-corrected chi connectivity index (χ2v) is 6.89. The first kappa shape index (κ1) is 15.8. The van der Waals surface area contributed by atoms with Gasteiger partial charge in [-0.1, -0.05) is 30.7 Å². The molecule has 0 bridgehead atoms. The second-order valence-electron chi connectivity index (χ2n) is 6.45. The lowest BCUT2D eigenvalue weighted by Gasteiger charge is -2.48. The molecule has 2 nitrogen and oxygen atoms in total. The van der Waals surface area contributed by atoms with Gasteiger partial charge in [0, 0.05) is 23.1 Å². The highest BCUT2D eigenvalue weighted by molar-refractivity contribution is 6.30. The van der Waals surface area contributed by atoms with Gasteiger partial charge in [0.2, 0.25) is 0 Å². The van der Waals surface area contributed by atoms with Gasteiger partial charge in [0.1, 0.15) is 0 Å². The smallest absolute Gasteiger partial charge is 0.0406 e. The van der Waals surface area contributed by atoms with Gasteiger partial charge in [-0.25, -0.2) is 0 Å². The Morgan fingerprint density at radius 3 is 2.35 bits per heavy atom. The molecule has 112 valence electrons. The zero-order valence-electron chi connectivity index (χ0n) is 12.9. The predicted molar refractivity (Wildman–Crippen MR) is 87.0 cm³/mol. The van der Waals surface area contributed by atoms with Crippen LogP contribution >= 0.6 is 11.6 Å². The third-order valence-electron chi connectivity index (χ3n) is 5.27. The predicted octanol–water partition coefficient (Wildman–Crippen LogP) is 4.24. The summed E-state index contributed by atoms with van der Waals surface area (Å²) < 4.78 is 0. The summed E-state index contributed by atoms with van der Waals surface area (Å²) >= 11 is 5.98. The van der Waals surface area contributed by atoms with E-state index in [1.165, 1.54) is 31.2 Å². The summed E-state index contributed by atoms with van der Waals surface area (Å²) in [4.78, 5) is 2.49. The zero-order valence-corrected chi connectivity index (χ0v) is 13.7. The van der Waals surface area contributed by atoms with Crippen LogP contribution in [0.15, 0.2) is 24.3 Å². The molecule has 1 atom stereocenters. The van der Waals surface area contributed by atoms with Crippen molar-refractivity contribution in [2.24, 2.45) is 11.7 Å². The minimum atomic E-state index is 0.158. The van der Waals surface area contributed by atoms with Crippen LogP contribution in [0.3, 0.4) is 0 Å². The Labute approximate surface area is 128 Å². The molecular weight excluding hydrogens is 268 g/mol.